The predicted molar refractivity (Wildman–Crippen MR) is 80.3 cm³/mol. The van der Waals surface area contributed by atoms with E-state index < -0.39 is 0 Å². The highest BCUT2D eigenvalue weighted by Gasteiger charge is 2.22. The second-order valence-corrected chi connectivity index (χ2v) is 6.05. The first kappa shape index (κ1) is 13.5. The molecule has 1 aromatic rings. The molecular weight excluding hydrogens is 274 g/mol. The number of aromatic amines is 1. The van der Waals surface area contributed by atoms with Gasteiger partial charge in [-0.3, -0.25) is 19.3 Å². The molecule has 0 atom stereocenters. The van der Waals surface area contributed by atoms with E-state index in [0.717, 1.165) is 38.5 Å². The topological polar surface area (TPSA) is 70.4 Å². The van der Waals surface area contributed by atoms with Gasteiger partial charge in [0.2, 0.25) is 5.88 Å². The Kier molecular flexibility index (Phi) is 3.74. The minimum atomic E-state index is -0.357. The van der Waals surface area contributed by atoms with Gasteiger partial charge >= 0.3 is 0 Å². The van der Waals surface area contributed by atoms with Gasteiger partial charge < -0.3 is 5.11 Å². The Bertz CT molecular complexity index is 637. The monoisotopic (exact) mass is 293 g/mol. The van der Waals surface area contributed by atoms with Gasteiger partial charge in [0.1, 0.15) is 5.56 Å². The lowest BCUT2D eigenvalue weighted by Crippen LogP contribution is -2.23. The Morgan fingerprint density at radius 2 is 1.95 bits per heavy atom. The van der Waals surface area contributed by atoms with Gasteiger partial charge in [0.25, 0.3) is 5.56 Å². The number of aliphatic imine (C=N–C) groups is 1. The average molecular weight is 293 g/mol. The van der Waals surface area contributed by atoms with Crippen molar-refractivity contribution in [2.75, 3.05) is 0 Å². The maximum atomic E-state index is 11.9. The van der Waals surface area contributed by atoms with Crippen LogP contribution >= 0.6 is 12.2 Å². The molecule has 0 bridgehead atoms. The van der Waals surface area contributed by atoms with E-state index in [-0.39, 0.29) is 23.0 Å². The Morgan fingerprint density at radius 1 is 1.25 bits per heavy atom. The zero-order valence-electron chi connectivity index (χ0n) is 11.3. The van der Waals surface area contributed by atoms with E-state index in [1.807, 2.05) is 0 Å². The maximum absolute atomic E-state index is 11.9. The second kappa shape index (κ2) is 5.52. The van der Waals surface area contributed by atoms with Crippen molar-refractivity contribution in [1.82, 2.24) is 9.55 Å². The summed E-state index contributed by atoms with van der Waals surface area (Å²) in [5.74, 6) is -0.0324. The molecule has 0 radical (unpaired) electrons. The lowest BCUT2D eigenvalue weighted by atomic mass is 9.95. The van der Waals surface area contributed by atoms with Crippen LogP contribution in [0.5, 0.6) is 5.88 Å². The van der Waals surface area contributed by atoms with Crippen LogP contribution in [-0.4, -0.2) is 26.9 Å². The molecule has 20 heavy (non-hydrogen) atoms. The van der Waals surface area contributed by atoms with E-state index in [1.165, 1.54) is 12.6 Å². The summed E-state index contributed by atoms with van der Waals surface area (Å²) in [7, 11) is 0. The quantitative estimate of drug-likeness (QED) is 0.665. The SMILES string of the molecule is O=c1[nH]c(=S)n(C2CCCCC2)c(O)c1C=NC1CC1. The molecule has 0 amide bonds. The maximum Gasteiger partial charge on any atom is 0.264 e. The average Bonchev–Trinajstić information content (AvgIpc) is 3.23. The van der Waals surface area contributed by atoms with Crippen LogP contribution in [0, 0.1) is 4.77 Å². The molecule has 2 N–H and O–H groups in total. The predicted octanol–water partition coefficient (Wildman–Crippen LogP) is 2.70. The molecule has 1 aromatic heterocycles. The van der Waals surface area contributed by atoms with Gasteiger partial charge in [0.05, 0.1) is 6.04 Å². The molecule has 0 aromatic carbocycles. The molecular formula is C14H19N3O2S. The standard InChI is InChI=1S/C14H19N3O2S/c18-12-11(8-15-9-6-7-9)13(19)17(14(20)16-12)10-4-2-1-3-5-10/h8-10,19H,1-7H2,(H,16,18,20). The zero-order chi connectivity index (χ0) is 14.1. The largest absolute Gasteiger partial charge is 0.494 e. The lowest BCUT2D eigenvalue weighted by Gasteiger charge is -2.25. The van der Waals surface area contributed by atoms with E-state index in [1.54, 1.807) is 4.57 Å². The van der Waals surface area contributed by atoms with Gasteiger partial charge in [-0.1, -0.05) is 19.3 Å². The Balaban J connectivity index is 2.02. The van der Waals surface area contributed by atoms with Crippen LogP contribution in [0.15, 0.2) is 9.79 Å². The summed E-state index contributed by atoms with van der Waals surface area (Å²) in [6, 6.07) is 0.501. The first-order valence-electron chi connectivity index (χ1n) is 7.28. The van der Waals surface area contributed by atoms with E-state index >= 15 is 0 Å². The highest BCUT2D eigenvalue weighted by Crippen LogP contribution is 2.31. The first-order chi connectivity index (χ1) is 9.66. The van der Waals surface area contributed by atoms with Crippen molar-refractivity contribution in [3.05, 3.63) is 20.7 Å². The van der Waals surface area contributed by atoms with Crippen molar-refractivity contribution in [2.24, 2.45) is 4.99 Å². The van der Waals surface area contributed by atoms with E-state index in [9.17, 15) is 9.90 Å². The fourth-order valence-electron chi connectivity index (χ4n) is 2.75. The van der Waals surface area contributed by atoms with Gasteiger partial charge in [-0.25, -0.2) is 0 Å². The highest BCUT2D eigenvalue weighted by atomic mass is 32.1. The number of nitrogens with zero attached hydrogens (tertiary/aromatic N) is 2. The fraction of sp³-hybridized carbons (Fsp3) is 0.643. The van der Waals surface area contributed by atoms with Crippen LogP contribution in [0.1, 0.15) is 56.6 Å². The Labute approximate surface area is 122 Å². The van der Waals surface area contributed by atoms with Crippen molar-refractivity contribution in [2.45, 2.75) is 57.0 Å². The zero-order valence-corrected chi connectivity index (χ0v) is 12.2. The van der Waals surface area contributed by atoms with Crippen LogP contribution in [0.4, 0.5) is 0 Å². The van der Waals surface area contributed by atoms with Crippen molar-refractivity contribution in [3.63, 3.8) is 0 Å². The molecule has 108 valence electrons. The van der Waals surface area contributed by atoms with E-state index in [0.29, 0.717) is 10.8 Å². The van der Waals surface area contributed by atoms with Crippen LogP contribution in [-0.2, 0) is 0 Å². The lowest BCUT2D eigenvalue weighted by molar-refractivity contribution is 0.303. The van der Waals surface area contributed by atoms with Crippen molar-refractivity contribution < 1.29 is 5.11 Å². The fourth-order valence-corrected chi connectivity index (χ4v) is 3.08. The molecule has 0 spiro atoms. The third kappa shape index (κ3) is 2.70. The Hall–Kier alpha value is -1.43. The molecule has 2 aliphatic carbocycles. The van der Waals surface area contributed by atoms with Crippen molar-refractivity contribution >= 4 is 18.4 Å². The number of hydrogen-bond donors (Lipinski definition) is 2. The number of nitrogens with one attached hydrogen (secondary N) is 1. The van der Waals surface area contributed by atoms with Gasteiger partial charge in [0.15, 0.2) is 4.77 Å². The molecule has 3 rings (SSSR count). The van der Waals surface area contributed by atoms with Crippen LogP contribution in [0.2, 0.25) is 0 Å². The third-order valence-corrected chi connectivity index (χ3v) is 4.35. The van der Waals surface area contributed by atoms with Gasteiger partial charge in [0, 0.05) is 12.3 Å². The van der Waals surface area contributed by atoms with E-state index in [2.05, 4.69) is 9.98 Å². The normalized spacial score (nSPS) is 20.6. The van der Waals surface area contributed by atoms with Crippen molar-refractivity contribution in [3.8, 4) is 5.88 Å². The third-order valence-electron chi connectivity index (χ3n) is 4.05. The smallest absolute Gasteiger partial charge is 0.264 e. The van der Waals surface area contributed by atoms with E-state index in [4.69, 9.17) is 12.2 Å². The molecule has 2 fully saturated rings. The summed E-state index contributed by atoms with van der Waals surface area (Å²) in [5.41, 5.74) is -0.125. The summed E-state index contributed by atoms with van der Waals surface area (Å²) in [6.07, 6.45) is 9.12. The van der Waals surface area contributed by atoms with Gasteiger partial charge in [-0.15, -0.1) is 0 Å². The molecule has 0 unspecified atom stereocenters. The minimum absolute atomic E-state index is 0.0324. The number of aromatic nitrogens is 2. The summed E-state index contributed by atoms with van der Waals surface area (Å²) in [4.78, 5) is 18.9. The first-order valence-corrected chi connectivity index (χ1v) is 7.68. The molecule has 5 nitrogen and oxygen atoms in total. The van der Waals surface area contributed by atoms with Gasteiger partial charge in [-0.2, -0.15) is 0 Å². The minimum Gasteiger partial charge on any atom is -0.494 e. The van der Waals surface area contributed by atoms with Gasteiger partial charge in [-0.05, 0) is 37.9 Å². The van der Waals surface area contributed by atoms with Crippen molar-refractivity contribution in [1.29, 1.82) is 0 Å². The number of aromatic hydroxyl groups is 1. The number of H-pyrrole nitrogens is 1. The Morgan fingerprint density at radius 3 is 2.60 bits per heavy atom. The number of rotatable bonds is 3. The van der Waals surface area contributed by atoms with Crippen LogP contribution in [0.25, 0.3) is 0 Å². The highest BCUT2D eigenvalue weighted by molar-refractivity contribution is 7.71. The molecule has 2 saturated carbocycles. The van der Waals surface area contributed by atoms with Crippen LogP contribution < -0.4 is 5.56 Å². The molecule has 0 saturated heterocycles. The summed E-state index contributed by atoms with van der Waals surface area (Å²) < 4.78 is 2.01. The summed E-state index contributed by atoms with van der Waals surface area (Å²) in [6.45, 7) is 0. The molecule has 0 aliphatic heterocycles. The molecule has 6 heteroatoms. The summed E-state index contributed by atoms with van der Waals surface area (Å²) in [5, 5.41) is 10.4. The summed E-state index contributed by atoms with van der Waals surface area (Å²) >= 11 is 5.22. The molecule has 2 aliphatic rings. The molecule has 1 heterocycles. The number of hydrogen-bond acceptors (Lipinski definition) is 4. The second-order valence-electron chi connectivity index (χ2n) is 5.67. The van der Waals surface area contributed by atoms with Crippen LogP contribution in [0.3, 0.4) is 0 Å².